The van der Waals surface area contributed by atoms with Crippen molar-refractivity contribution in [3.8, 4) is 0 Å². The topological polar surface area (TPSA) is 65.1 Å². The normalized spacial score (nSPS) is 10.6. The number of ketones is 1. The van der Waals surface area contributed by atoms with E-state index in [1.54, 1.807) is 19.1 Å². The van der Waals surface area contributed by atoms with E-state index in [0.717, 1.165) is 9.13 Å². The quantitative estimate of drug-likeness (QED) is 0.351. The van der Waals surface area contributed by atoms with Crippen LogP contribution in [0.15, 0.2) is 30.5 Å². The zero-order valence-corrected chi connectivity index (χ0v) is 13.2. The Hall–Kier alpha value is -1.70. The van der Waals surface area contributed by atoms with Gasteiger partial charge in [0.05, 0.1) is 10.6 Å². The van der Waals surface area contributed by atoms with Gasteiger partial charge in [0, 0.05) is 34.9 Å². The van der Waals surface area contributed by atoms with E-state index < -0.39 is 4.92 Å². The Morgan fingerprint density at radius 1 is 1.40 bits per heavy atom. The van der Waals surface area contributed by atoms with Crippen LogP contribution in [-0.4, -0.2) is 15.3 Å². The van der Waals surface area contributed by atoms with Crippen LogP contribution in [0.3, 0.4) is 0 Å². The number of nitrogens with zero attached hydrogens (tertiary/aromatic N) is 2. The van der Waals surface area contributed by atoms with Crippen LogP contribution >= 0.6 is 22.6 Å². The molecule has 2 rings (SSSR count). The van der Waals surface area contributed by atoms with Gasteiger partial charge in [0.25, 0.3) is 5.69 Å². The molecule has 2 aromatic rings. The van der Waals surface area contributed by atoms with E-state index in [-0.39, 0.29) is 11.5 Å². The fourth-order valence-corrected chi connectivity index (χ4v) is 2.75. The molecule has 0 unspecified atom stereocenters. The van der Waals surface area contributed by atoms with Crippen molar-refractivity contribution in [3.05, 3.63) is 61.0 Å². The standard InChI is InChI=1S/C14H13IN2O3/c1-9-5-11(3-4-13(9)17(19)20)7-16-8-12(15)6-14(16)10(2)18/h3-6,8H,7H2,1-2H3. The molecule has 104 valence electrons. The first-order valence-corrected chi connectivity index (χ1v) is 7.07. The van der Waals surface area contributed by atoms with E-state index in [1.165, 1.54) is 13.0 Å². The molecule has 1 aromatic heterocycles. The van der Waals surface area contributed by atoms with Gasteiger partial charge in [-0.3, -0.25) is 14.9 Å². The van der Waals surface area contributed by atoms with Crippen LogP contribution in [0.1, 0.15) is 28.5 Å². The smallest absolute Gasteiger partial charge is 0.272 e. The zero-order valence-electron chi connectivity index (χ0n) is 11.1. The van der Waals surface area contributed by atoms with Gasteiger partial charge in [-0.15, -0.1) is 0 Å². The second-order valence-electron chi connectivity index (χ2n) is 4.61. The number of rotatable bonds is 4. The van der Waals surface area contributed by atoms with Crippen molar-refractivity contribution in [3.63, 3.8) is 0 Å². The first-order chi connectivity index (χ1) is 9.38. The molecule has 6 heteroatoms. The highest BCUT2D eigenvalue weighted by Crippen LogP contribution is 2.20. The van der Waals surface area contributed by atoms with Gasteiger partial charge in [0.1, 0.15) is 0 Å². The Morgan fingerprint density at radius 2 is 2.10 bits per heavy atom. The maximum Gasteiger partial charge on any atom is 0.272 e. The first-order valence-electron chi connectivity index (χ1n) is 5.99. The average Bonchev–Trinajstić information content (AvgIpc) is 2.70. The number of benzene rings is 1. The fraction of sp³-hybridized carbons (Fsp3) is 0.214. The summed E-state index contributed by atoms with van der Waals surface area (Å²) in [6.07, 6.45) is 1.90. The van der Waals surface area contributed by atoms with Crippen molar-refractivity contribution < 1.29 is 9.72 Å². The zero-order chi connectivity index (χ0) is 14.9. The summed E-state index contributed by atoms with van der Waals surface area (Å²) in [5.74, 6) is 0.00606. The van der Waals surface area contributed by atoms with Crippen molar-refractivity contribution in [1.29, 1.82) is 0 Å². The number of carbonyl (C=O) groups excluding carboxylic acids is 1. The highest BCUT2D eigenvalue weighted by Gasteiger charge is 2.12. The Bertz CT molecular complexity index is 692. The molecule has 5 nitrogen and oxygen atoms in total. The van der Waals surface area contributed by atoms with Crippen molar-refractivity contribution in [2.45, 2.75) is 20.4 Å². The van der Waals surface area contributed by atoms with Crippen LogP contribution in [0.25, 0.3) is 0 Å². The molecule has 0 radical (unpaired) electrons. The summed E-state index contributed by atoms with van der Waals surface area (Å²) < 4.78 is 2.86. The minimum atomic E-state index is -0.390. The third-order valence-electron chi connectivity index (χ3n) is 3.03. The molecular formula is C14H13IN2O3. The van der Waals surface area contributed by atoms with Gasteiger partial charge in [0.2, 0.25) is 0 Å². The van der Waals surface area contributed by atoms with E-state index >= 15 is 0 Å². The van der Waals surface area contributed by atoms with Crippen molar-refractivity contribution >= 4 is 34.1 Å². The molecule has 1 aromatic carbocycles. The highest BCUT2D eigenvalue weighted by molar-refractivity contribution is 14.1. The molecule has 0 spiro atoms. The first kappa shape index (κ1) is 14.7. The van der Waals surface area contributed by atoms with Crippen LogP contribution < -0.4 is 0 Å². The van der Waals surface area contributed by atoms with Crippen LogP contribution in [0.5, 0.6) is 0 Å². The van der Waals surface area contributed by atoms with Crippen LogP contribution in [0, 0.1) is 20.6 Å². The predicted octanol–water partition coefficient (Wildman–Crippen LogP) is 3.56. The maximum atomic E-state index is 11.6. The molecule has 0 amide bonds. The Morgan fingerprint density at radius 3 is 2.65 bits per heavy atom. The number of hydrogen-bond acceptors (Lipinski definition) is 3. The van der Waals surface area contributed by atoms with E-state index in [9.17, 15) is 14.9 Å². The third kappa shape index (κ3) is 3.06. The Labute approximate surface area is 129 Å². The lowest BCUT2D eigenvalue weighted by atomic mass is 10.1. The summed E-state index contributed by atoms with van der Waals surface area (Å²) in [6.45, 7) is 3.77. The number of carbonyl (C=O) groups is 1. The van der Waals surface area contributed by atoms with Crippen molar-refractivity contribution in [2.24, 2.45) is 0 Å². The summed E-state index contributed by atoms with van der Waals surface area (Å²) in [4.78, 5) is 22.0. The van der Waals surface area contributed by atoms with Gasteiger partial charge in [-0.25, -0.2) is 0 Å². The third-order valence-corrected chi connectivity index (χ3v) is 3.62. The SMILES string of the molecule is CC(=O)c1cc(I)cn1Cc1ccc([N+](=O)[O-])c(C)c1. The lowest BCUT2D eigenvalue weighted by Gasteiger charge is -2.08. The second kappa shape index (κ2) is 5.74. The maximum absolute atomic E-state index is 11.6. The molecule has 0 aliphatic carbocycles. The second-order valence-corrected chi connectivity index (χ2v) is 5.85. The number of hydrogen-bond donors (Lipinski definition) is 0. The fourth-order valence-electron chi connectivity index (χ4n) is 2.12. The molecular weight excluding hydrogens is 371 g/mol. The van der Waals surface area contributed by atoms with Gasteiger partial charge < -0.3 is 4.57 Å². The van der Waals surface area contributed by atoms with Gasteiger partial charge >= 0.3 is 0 Å². The molecule has 0 bridgehead atoms. The van der Waals surface area contributed by atoms with E-state index in [0.29, 0.717) is 17.8 Å². The lowest BCUT2D eigenvalue weighted by molar-refractivity contribution is -0.385. The van der Waals surface area contributed by atoms with Gasteiger partial charge in [-0.2, -0.15) is 0 Å². The van der Waals surface area contributed by atoms with Crippen molar-refractivity contribution in [2.75, 3.05) is 0 Å². The number of halogens is 1. The summed E-state index contributed by atoms with van der Waals surface area (Å²) in [5.41, 5.74) is 2.31. The molecule has 1 heterocycles. The van der Waals surface area contributed by atoms with E-state index in [4.69, 9.17) is 0 Å². The molecule has 20 heavy (non-hydrogen) atoms. The lowest BCUT2D eigenvalue weighted by Crippen LogP contribution is -2.07. The van der Waals surface area contributed by atoms with Crippen molar-refractivity contribution in [1.82, 2.24) is 4.57 Å². The summed E-state index contributed by atoms with van der Waals surface area (Å²) >= 11 is 2.16. The van der Waals surface area contributed by atoms with Gasteiger partial charge in [0.15, 0.2) is 5.78 Å². The summed E-state index contributed by atoms with van der Waals surface area (Å²) in [6, 6.07) is 6.85. The number of nitro groups is 1. The number of Topliss-reactive ketones (excluding diaryl/α,β-unsaturated/α-hetero) is 1. The van der Waals surface area contributed by atoms with E-state index in [1.807, 2.05) is 16.8 Å². The molecule has 0 saturated heterocycles. The Balaban J connectivity index is 2.33. The largest absolute Gasteiger partial charge is 0.340 e. The molecule has 0 N–H and O–H groups in total. The number of aryl methyl sites for hydroxylation is 1. The monoisotopic (exact) mass is 384 g/mol. The summed E-state index contributed by atoms with van der Waals surface area (Å²) in [7, 11) is 0. The predicted molar refractivity (Wildman–Crippen MR) is 84.1 cm³/mol. The minimum absolute atomic E-state index is 0.00606. The summed E-state index contributed by atoms with van der Waals surface area (Å²) in [5, 5.41) is 10.8. The van der Waals surface area contributed by atoms with Gasteiger partial charge in [-0.1, -0.05) is 6.07 Å². The van der Waals surface area contributed by atoms with Crippen LogP contribution in [0.2, 0.25) is 0 Å². The van der Waals surface area contributed by atoms with Crippen LogP contribution in [0.4, 0.5) is 5.69 Å². The number of aromatic nitrogens is 1. The van der Waals surface area contributed by atoms with Gasteiger partial charge in [-0.05, 0) is 47.2 Å². The minimum Gasteiger partial charge on any atom is -0.340 e. The number of nitro benzene ring substituents is 1. The molecule has 0 aliphatic rings. The molecule has 0 aliphatic heterocycles. The van der Waals surface area contributed by atoms with Crippen LogP contribution in [-0.2, 0) is 6.54 Å². The molecule has 0 saturated carbocycles. The molecule has 0 fully saturated rings. The highest BCUT2D eigenvalue weighted by atomic mass is 127. The Kier molecular flexibility index (Phi) is 4.22. The average molecular weight is 384 g/mol. The van der Waals surface area contributed by atoms with E-state index in [2.05, 4.69) is 22.6 Å². The molecule has 0 atom stereocenters.